The van der Waals surface area contributed by atoms with Crippen LogP contribution >= 0.6 is 11.6 Å². The summed E-state index contributed by atoms with van der Waals surface area (Å²) >= 11 is 6.36. The van der Waals surface area contributed by atoms with E-state index in [-0.39, 0.29) is 34.5 Å². The molecule has 0 bridgehead atoms. The van der Waals surface area contributed by atoms with Crippen molar-refractivity contribution >= 4 is 41.2 Å². The summed E-state index contributed by atoms with van der Waals surface area (Å²) in [6.45, 7) is -0.717. The lowest BCUT2D eigenvalue weighted by atomic mass is 10.1. The molecule has 4 amide bonds. The quantitative estimate of drug-likeness (QED) is 0.326. The van der Waals surface area contributed by atoms with Crippen LogP contribution in [0.25, 0.3) is 6.08 Å². The van der Waals surface area contributed by atoms with Gasteiger partial charge in [-0.15, -0.1) is 0 Å². The van der Waals surface area contributed by atoms with Crippen molar-refractivity contribution in [3.8, 4) is 11.5 Å². The normalized spacial score (nSPS) is 14.1. The van der Waals surface area contributed by atoms with Crippen molar-refractivity contribution in [3.05, 3.63) is 94.1 Å². The standard InChI is InChI=1S/C26H20ClF2N3O5/c1-36-22-12-15(10-17(27)24(22)37-14-16-6-2-3-7-18(16)28)11-21-25(34)32(26(35)31-21)13-23(33)30-20-9-5-4-8-19(20)29/h2-12H,13-14H2,1H3,(H,30,33)(H,31,35)/b21-11+. The van der Waals surface area contributed by atoms with E-state index in [9.17, 15) is 23.2 Å². The molecule has 1 aliphatic heterocycles. The van der Waals surface area contributed by atoms with E-state index >= 15 is 0 Å². The van der Waals surface area contributed by atoms with E-state index in [0.29, 0.717) is 16.0 Å². The summed E-state index contributed by atoms with van der Waals surface area (Å²) in [6.07, 6.45) is 1.35. The number of nitrogens with one attached hydrogen (secondary N) is 2. The Morgan fingerprint density at radius 3 is 2.49 bits per heavy atom. The number of anilines is 1. The van der Waals surface area contributed by atoms with Crippen LogP contribution in [0.15, 0.2) is 66.4 Å². The van der Waals surface area contributed by atoms with Crippen molar-refractivity contribution < 1.29 is 32.6 Å². The predicted molar refractivity (Wildman–Crippen MR) is 132 cm³/mol. The molecule has 11 heteroatoms. The van der Waals surface area contributed by atoms with E-state index in [0.717, 1.165) is 0 Å². The molecule has 0 aromatic heterocycles. The van der Waals surface area contributed by atoms with Gasteiger partial charge in [0.25, 0.3) is 5.91 Å². The topological polar surface area (TPSA) is 97.0 Å². The minimum absolute atomic E-state index is 0.0747. The van der Waals surface area contributed by atoms with Crippen molar-refractivity contribution in [3.63, 3.8) is 0 Å². The van der Waals surface area contributed by atoms with E-state index < -0.39 is 36.0 Å². The number of hydrogen-bond acceptors (Lipinski definition) is 5. The van der Waals surface area contributed by atoms with Crippen molar-refractivity contribution in [2.75, 3.05) is 19.0 Å². The van der Waals surface area contributed by atoms with Crippen LogP contribution in [0.3, 0.4) is 0 Å². The number of amides is 4. The Hall–Kier alpha value is -4.44. The second-order valence-corrected chi connectivity index (χ2v) is 8.23. The minimum atomic E-state index is -0.817. The van der Waals surface area contributed by atoms with Crippen molar-refractivity contribution in [2.45, 2.75) is 6.61 Å². The second-order valence-electron chi connectivity index (χ2n) is 7.82. The van der Waals surface area contributed by atoms with Gasteiger partial charge in [0.1, 0.15) is 30.5 Å². The molecular weight excluding hydrogens is 508 g/mol. The zero-order valence-corrected chi connectivity index (χ0v) is 20.1. The fourth-order valence-electron chi connectivity index (χ4n) is 3.51. The maximum Gasteiger partial charge on any atom is 0.329 e. The third kappa shape index (κ3) is 5.87. The Morgan fingerprint density at radius 1 is 1.08 bits per heavy atom. The summed E-state index contributed by atoms with van der Waals surface area (Å²) in [6, 6.07) is 13.8. The van der Waals surface area contributed by atoms with Crippen LogP contribution in [-0.2, 0) is 16.2 Å². The summed E-state index contributed by atoms with van der Waals surface area (Å²) in [7, 11) is 1.39. The molecule has 0 spiro atoms. The number of urea groups is 1. The number of methoxy groups -OCH3 is 1. The lowest BCUT2D eigenvalue weighted by molar-refractivity contribution is -0.127. The third-order valence-corrected chi connectivity index (χ3v) is 5.59. The summed E-state index contributed by atoms with van der Waals surface area (Å²) in [5.74, 6) is -2.21. The zero-order valence-electron chi connectivity index (χ0n) is 19.4. The van der Waals surface area contributed by atoms with Crippen LogP contribution in [0.1, 0.15) is 11.1 Å². The zero-order chi connectivity index (χ0) is 26.5. The number of hydrogen-bond donors (Lipinski definition) is 2. The summed E-state index contributed by atoms with van der Waals surface area (Å²) in [5.41, 5.74) is 0.530. The molecule has 1 heterocycles. The molecule has 0 saturated carbocycles. The van der Waals surface area contributed by atoms with Gasteiger partial charge >= 0.3 is 6.03 Å². The Bertz CT molecular complexity index is 1410. The molecule has 0 aliphatic carbocycles. The number of imide groups is 1. The average Bonchev–Trinajstić information content (AvgIpc) is 3.12. The summed E-state index contributed by atoms with van der Waals surface area (Å²) < 4.78 is 38.7. The van der Waals surface area contributed by atoms with Gasteiger partial charge in [-0.25, -0.2) is 18.5 Å². The van der Waals surface area contributed by atoms with Crippen LogP contribution in [0.4, 0.5) is 19.3 Å². The molecule has 3 aromatic rings. The van der Waals surface area contributed by atoms with E-state index in [2.05, 4.69) is 10.6 Å². The van der Waals surface area contributed by atoms with Gasteiger partial charge in [-0.1, -0.05) is 41.9 Å². The monoisotopic (exact) mass is 527 g/mol. The minimum Gasteiger partial charge on any atom is -0.493 e. The molecule has 190 valence electrons. The molecule has 1 aliphatic rings. The number of rotatable bonds is 8. The first-order valence-electron chi connectivity index (χ1n) is 10.9. The van der Waals surface area contributed by atoms with Gasteiger partial charge in [-0.3, -0.25) is 9.59 Å². The maximum absolute atomic E-state index is 13.9. The number of carbonyl (C=O) groups is 3. The molecule has 1 fully saturated rings. The van der Waals surface area contributed by atoms with Gasteiger partial charge in [0.2, 0.25) is 5.91 Å². The average molecular weight is 528 g/mol. The Labute approximate surface area is 215 Å². The first kappa shape index (κ1) is 25.6. The first-order chi connectivity index (χ1) is 17.8. The van der Waals surface area contributed by atoms with Gasteiger partial charge in [0, 0.05) is 5.56 Å². The first-order valence-corrected chi connectivity index (χ1v) is 11.3. The second kappa shape index (κ2) is 11.1. The predicted octanol–water partition coefficient (Wildman–Crippen LogP) is 4.74. The summed E-state index contributed by atoms with van der Waals surface area (Å²) in [4.78, 5) is 38.1. The lowest BCUT2D eigenvalue weighted by Crippen LogP contribution is -2.38. The van der Waals surface area contributed by atoms with Crippen molar-refractivity contribution in [1.29, 1.82) is 0 Å². The highest BCUT2D eigenvalue weighted by Crippen LogP contribution is 2.37. The fourth-order valence-corrected chi connectivity index (χ4v) is 3.78. The molecular formula is C26H20ClF2N3O5. The molecule has 3 aromatic carbocycles. The Balaban J connectivity index is 1.48. The number of ether oxygens (including phenoxy) is 2. The fraction of sp³-hybridized carbons (Fsp3) is 0.115. The highest BCUT2D eigenvalue weighted by molar-refractivity contribution is 6.32. The maximum atomic E-state index is 13.9. The van der Waals surface area contributed by atoms with Gasteiger partial charge < -0.3 is 20.1 Å². The molecule has 1 saturated heterocycles. The highest BCUT2D eigenvalue weighted by Gasteiger charge is 2.35. The van der Waals surface area contributed by atoms with Crippen LogP contribution in [0, 0.1) is 11.6 Å². The van der Waals surface area contributed by atoms with Gasteiger partial charge in [0.05, 0.1) is 17.8 Å². The SMILES string of the molecule is COc1cc(/C=C2/NC(=O)N(CC(=O)Nc3ccccc3F)C2=O)cc(Cl)c1OCc1ccccc1F. The molecule has 0 atom stereocenters. The molecule has 4 rings (SSSR count). The molecule has 0 unspecified atom stereocenters. The van der Waals surface area contributed by atoms with Crippen molar-refractivity contribution in [2.24, 2.45) is 0 Å². The molecule has 37 heavy (non-hydrogen) atoms. The van der Waals surface area contributed by atoms with Crippen LogP contribution < -0.4 is 20.1 Å². The number of para-hydroxylation sites is 1. The Morgan fingerprint density at radius 2 is 1.78 bits per heavy atom. The smallest absolute Gasteiger partial charge is 0.329 e. The van der Waals surface area contributed by atoms with E-state index in [1.807, 2.05) is 0 Å². The molecule has 2 N–H and O–H groups in total. The number of benzene rings is 3. The third-order valence-electron chi connectivity index (χ3n) is 5.30. The van der Waals surface area contributed by atoms with Crippen molar-refractivity contribution in [1.82, 2.24) is 10.2 Å². The molecule has 8 nitrogen and oxygen atoms in total. The van der Waals surface area contributed by atoms with E-state index in [1.54, 1.807) is 18.2 Å². The van der Waals surface area contributed by atoms with Crippen LogP contribution in [0.2, 0.25) is 5.02 Å². The van der Waals surface area contributed by atoms with Crippen LogP contribution in [0.5, 0.6) is 11.5 Å². The molecule has 0 radical (unpaired) electrons. The summed E-state index contributed by atoms with van der Waals surface area (Å²) in [5, 5.41) is 4.84. The van der Waals surface area contributed by atoms with E-state index in [4.69, 9.17) is 21.1 Å². The van der Waals surface area contributed by atoms with Gasteiger partial charge in [0.15, 0.2) is 11.5 Å². The Kier molecular flexibility index (Phi) is 7.69. The van der Waals surface area contributed by atoms with E-state index in [1.165, 1.54) is 55.7 Å². The lowest BCUT2D eigenvalue weighted by Gasteiger charge is -2.14. The van der Waals surface area contributed by atoms with Crippen LogP contribution in [-0.4, -0.2) is 36.4 Å². The highest BCUT2D eigenvalue weighted by atomic mass is 35.5. The number of nitrogens with zero attached hydrogens (tertiary/aromatic N) is 1. The largest absolute Gasteiger partial charge is 0.493 e. The number of halogens is 3. The van der Waals surface area contributed by atoms with Gasteiger partial charge in [-0.05, 0) is 42.0 Å². The number of carbonyl (C=O) groups excluding carboxylic acids is 3. The van der Waals surface area contributed by atoms with Gasteiger partial charge in [-0.2, -0.15) is 0 Å².